The van der Waals surface area contributed by atoms with Gasteiger partial charge in [-0.2, -0.15) is 0 Å². The normalized spacial score (nSPS) is 37.9. The lowest BCUT2D eigenvalue weighted by molar-refractivity contribution is -0.178. The molecule has 3 nitrogen and oxygen atoms in total. The van der Waals surface area contributed by atoms with Crippen molar-refractivity contribution in [1.29, 1.82) is 0 Å². The zero-order valence-corrected chi connectivity index (χ0v) is 8.65. The first-order valence-corrected chi connectivity index (χ1v) is 5.74. The number of hydrogen-bond donors (Lipinski definition) is 1. The van der Waals surface area contributed by atoms with Crippen molar-refractivity contribution in [3.8, 4) is 0 Å². The summed E-state index contributed by atoms with van der Waals surface area (Å²) in [6.45, 7) is 1.94. The zero-order chi connectivity index (χ0) is 9.80. The van der Waals surface area contributed by atoms with Gasteiger partial charge >= 0.3 is 0 Å². The summed E-state index contributed by atoms with van der Waals surface area (Å²) in [5, 5.41) is 9.01. The summed E-state index contributed by atoms with van der Waals surface area (Å²) in [6, 6.07) is 0. The lowest BCUT2D eigenvalue weighted by atomic mass is 9.75. The Kier molecular flexibility index (Phi) is 3.79. The van der Waals surface area contributed by atoms with E-state index in [1.165, 1.54) is 19.3 Å². The summed E-state index contributed by atoms with van der Waals surface area (Å²) in [5.74, 6) is 1.06. The molecule has 0 aromatic rings. The van der Waals surface area contributed by atoms with Crippen LogP contribution in [0.5, 0.6) is 0 Å². The van der Waals surface area contributed by atoms with E-state index in [1.54, 1.807) is 0 Å². The molecule has 0 aromatic heterocycles. The Hall–Kier alpha value is -0.120. The van der Waals surface area contributed by atoms with Crippen molar-refractivity contribution >= 4 is 0 Å². The second-order valence-electron chi connectivity index (χ2n) is 4.41. The molecule has 1 heterocycles. The molecule has 1 N–H and O–H groups in total. The molecule has 1 unspecified atom stereocenters. The first kappa shape index (κ1) is 10.4. The van der Waals surface area contributed by atoms with Gasteiger partial charge in [-0.3, -0.25) is 0 Å². The van der Waals surface area contributed by atoms with E-state index in [-0.39, 0.29) is 6.29 Å². The molecule has 1 saturated heterocycles. The highest BCUT2D eigenvalue weighted by atomic mass is 16.7. The Morgan fingerprint density at radius 2 is 2.00 bits per heavy atom. The van der Waals surface area contributed by atoms with Gasteiger partial charge in [-0.05, 0) is 43.9 Å². The molecule has 0 radical (unpaired) electrons. The Bertz CT molecular complexity index is 162. The van der Waals surface area contributed by atoms with Crippen molar-refractivity contribution in [1.82, 2.24) is 0 Å². The van der Waals surface area contributed by atoms with E-state index in [2.05, 4.69) is 0 Å². The van der Waals surface area contributed by atoms with Gasteiger partial charge in [0.05, 0.1) is 6.61 Å². The molecule has 0 spiro atoms. The van der Waals surface area contributed by atoms with Crippen molar-refractivity contribution < 1.29 is 14.6 Å². The molecule has 14 heavy (non-hydrogen) atoms. The van der Waals surface area contributed by atoms with Crippen LogP contribution in [0, 0.1) is 11.8 Å². The predicted molar refractivity (Wildman–Crippen MR) is 52.8 cm³/mol. The summed E-state index contributed by atoms with van der Waals surface area (Å²) in [7, 11) is 0. The summed E-state index contributed by atoms with van der Waals surface area (Å²) < 4.78 is 11.2. The van der Waals surface area contributed by atoms with Crippen LogP contribution in [0.1, 0.15) is 32.1 Å². The van der Waals surface area contributed by atoms with Crippen LogP contribution in [0.4, 0.5) is 0 Å². The minimum absolute atomic E-state index is 0.0312. The Labute approximate surface area is 85.4 Å². The fourth-order valence-corrected chi connectivity index (χ4v) is 2.17. The van der Waals surface area contributed by atoms with Crippen LogP contribution in [0.15, 0.2) is 0 Å². The maximum absolute atomic E-state index is 9.01. The predicted octanol–water partition coefficient (Wildman–Crippen LogP) is 1.55. The summed E-state index contributed by atoms with van der Waals surface area (Å²) in [6.07, 6.45) is 5.83. The molecule has 1 aliphatic heterocycles. The highest BCUT2D eigenvalue weighted by molar-refractivity contribution is 4.79. The highest BCUT2D eigenvalue weighted by Crippen LogP contribution is 2.34. The quantitative estimate of drug-likeness (QED) is 0.748. The minimum Gasteiger partial charge on any atom is -0.396 e. The molecule has 2 fully saturated rings. The first-order chi connectivity index (χ1) is 6.90. The first-order valence-electron chi connectivity index (χ1n) is 5.74. The lowest BCUT2D eigenvalue weighted by Gasteiger charge is -2.36. The van der Waals surface area contributed by atoms with E-state index < -0.39 is 0 Å². The molecular formula is C11H20O3. The average Bonchev–Trinajstić information content (AvgIpc) is 2.19. The second-order valence-corrected chi connectivity index (χ2v) is 4.41. The number of ether oxygens (including phenoxy) is 2. The number of aliphatic hydroxyl groups excluding tert-OH is 1. The summed E-state index contributed by atoms with van der Waals surface area (Å²) in [4.78, 5) is 0. The maximum atomic E-state index is 9.01. The SMILES string of the molecule is OC[C@@H]1CC[C@H]1COC1CCCCO1. The molecule has 3 atom stereocenters. The van der Waals surface area contributed by atoms with Crippen molar-refractivity contribution in [3.05, 3.63) is 0 Å². The van der Waals surface area contributed by atoms with Crippen LogP contribution in [-0.2, 0) is 9.47 Å². The number of hydrogen-bond acceptors (Lipinski definition) is 3. The van der Waals surface area contributed by atoms with Gasteiger partial charge in [-0.15, -0.1) is 0 Å². The fourth-order valence-electron chi connectivity index (χ4n) is 2.17. The molecule has 3 heteroatoms. The molecule has 2 rings (SSSR count). The molecule has 82 valence electrons. The van der Waals surface area contributed by atoms with E-state index in [4.69, 9.17) is 14.6 Å². The maximum Gasteiger partial charge on any atom is 0.157 e. The molecule has 0 aromatic carbocycles. The van der Waals surface area contributed by atoms with Crippen LogP contribution >= 0.6 is 0 Å². The van der Waals surface area contributed by atoms with Gasteiger partial charge in [-0.25, -0.2) is 0 Å². The van der Waals surface area contributed by atoms with Crippen LogP contribution < -0.4 is 0 Å². The zero-order valence-electron chi connectivity index (χ0n) is 8.65. The topological polar surface area (TPSA) is 38.7 Å². The van der Waals surface area contributed by atoms with E-state index >= 15 is 0 Å². The smallest absolute Gasteiger partial charge is 0.157 e. The van der Waals surface area contributed by atoms with Crippen molar-refractivity contribution in [2.45, 2.75) is 38.4 Å². The van der Waals surface area contributed by atoms with E-state index in [1.807, 2.05) is 0 Å². The molecule has 2 aliphatic rings. The van der Waals surface area contributed by atoms with Gasteiger partial charge in [0.2, 0.25) is 0 Å². The van der Waals surface area contributed by atoms with Crippen molar-refractivity contribution in [2.24, 2.45) is 11.8 Å². The van der Waals surface area contributed by atoms with E-state index in [9.17, 15) is 0 Å². The van der Waals surface area contributed by atoms with Gasteiger partial charge in [0.25, 0.3) is 0 Å². The molecule has 1 aliphatic carbocycles. The van der Waals surface area contributed by atoms with E-state index in [0.29, 0.717) is 18.4 Å². The number of aliphatic hydroxyl groups is 1. The average molecular weight is 200 g/mol. The minimum atomic E-state index is 0.0312. The van der Waals surface area contributed by atoms with Gasteiger partial charge in [0.15, 0.2) is 6.29 Å². The third-order valence-electron chi connectivity index (χ3n) is 3.44. The van der Waals surface area contributed by atoms with Gasteiger partial charge in [0.1, 0.15) is 0 Å². The largest absolute Gasteiger partial charge is 0.396 e. The van der Waals surface area contributed by atoms with Gasteiger partial charge in [-0.1, -0.05) is 0 Å². The Balaban J connectivity index is 1.61. The van der Waals surface area contributed by atoms with Gasteiger partial charge < -0.3 is 14.6 Å². The standard InChI is InChI=1S/C11H20O3/c12-7-9-4-5-10(9)8-14-11-3-1-2-6-13-11/h9-12H,1-8H2/t9-,10-,11?/m0/s1. The Morgan fingerprint density at radius 3 is 2.57 bits per heavy atom. The molecule has 0 bridgehead atoms. The van der Waals surface area contributed by atoms with Crippen LogP contribution in [0.25, 0.3) is 0 Å². The third-order valence-corrected chi connectivity index (χ3v) is 3.44. The van der Waals surface area contributed by atoms with Gasteiger partial charge in [0, 0.05) is 13.2 Å². The van der Waals surface area contributed by atoms with Crippen LogP contribution in [-0.4, -0.2) is 31.2 Å². The molecule has 1 saturated carbocycles. The molecular weight excluding hydrogens is 180 g/mol. The van der Waals surface area contributed by atoms with Crippen molar-refractivity contribution in [2.75, 3.05) is 19.8 Å². The summed E-state index contributed by atoms with van der Waals surface area (Å²) >= 11 is 0. The lowest BCUT2D eigenvalue weighted by Crippen LogP contribution is -2.35. The Morgan fingerprint density at radius 1 is 1.14 bits per heavy atom. The summed E-state index contributed by atoms with van der Waals surface area (Å²) in [5.41, 5.74) is 0. The third kappa shape index (κ3) is 2.47. The second kappa shape index (κ2) is 5.10. The van der Waals surface area contributed by atoms with Crippen LogP contribution in [0.2, 0.25) is 0 Å². The molecule has 0 amide bonds. The highest BCUT2D eigenvalue weighted by Gasteiger charge is 2.31. The van der Waals surface area contributed by atoms with E-state index in [0.717, 1.165) is 26.1 Å². The van der Waals surface area contributed by atoms with Crippen molar-refractivity contribution in [3.63, 3.8) is 0 Å². The fraction of sp³-hybridized carbons (Fsp3) is 1.00. The number of rotatable bonds is 4. The monoisotopic (exact) mass is 200 g/mol. The van der Waals surface area contributed by atoms with Crippen LogP contribution in [0.3, 0.4) is 0 Å².